The Balaban J connectivity index is 1.73. The van der Waals surface area contributed by atoms with Crippen molar-refractivity contribution in [3.05, 3.63) is 29.6 Å². The number of nitrogens with one attached hydrogen (secondary N) is 1. The second-order valence-electron chi connectivity index (χ2n) is 5.41. The highest BCUT2D eigenvalue weighted by Gasteiger charge is 2.22. The van der Waals surface area contributed by atoms with Crippen LogP contribution in [-0.4, -0.2) is 47.3 Å². The number of carbonyl (C=O) groups is 1. The highest BCUT2D eigenvalue weighted by atomic mass is 16.4. The summed E-state index contributed by atoms with van der Waals surface area (Å²) in [5.74, 6) is 0.574. The van der Waals surface area contributed by atoms with Crippen LogP contribution in [0.1, 0.15) is 36.4 Å². The van der Waals surface area contributed by atoms with Crippen LogP contribution in [0.3, 0.4) is 0 Å². The lowest BCUT2D eigenvalue weighted by atomic mass is 9.91. The lowest BCUT2D eigenvalue weighted by Crippen LogP contribution is -2.35. The minimum Gasteiger partial charge on any atom is -0.465 e. The highest BCUT2D eigenvalue weighted by molar-refractivity contribution is 5.64. The minimum atomic E-state index is -0.936. The van der Waals surface area contributed by atoms with Gasteiger partial charge in [0.2, 0.25) is 0 Å². The molecule has 0 spiro atoms. The summed E-state index contributed by atoms with van der Waals surface area (Å²) in [7, 11) is 0. The average Bonchev–Trinajstić information content (AvgIpc) is 2.45. The van der Waals surface area contributed by atoms with Gasteiger partial charge in [-0.2, -0.15) is 0 Å². The van der Waals surface area contributed by atoms with Crippen molar-refractivity contribution in [3.63, 3.8) is 0 Å². The van der Waals surface area contributed by atoms with Gasteiger partial charge in [-0.05, 0) is 57.5 Å². The van der Waals surface area contributed by atoms with Crippen molar-refractivity contribution in [1.82, 2.24) is 15.2 Å². The van der Waals surface area contributed by atoms with E-state index in [9.17, 15) is 4.79 Å². The average molecular weight is 277 g/mol. The number of aryl methyl sites for hydroxylation is 1. The van der Waals surface area contributed by atoms with Crippen LogP contribution in [0.25, 0.3) is 0 Å². The van der Waals surface area contributed by atoms with E-state index in [2.05, 4.69) is 28.2 Å². The number of piperidine rings is 1. The molecule has 0 aliphatic carbocycles. The van der Waals surface area contributed by atoms with Gasteiger partial charge in [0, 0.05) is 24.4 Å². The molecule has 1 aromatic rings. The highest BCUT2D eigenvalue weighted by Crippen LogP contribution is 2.28. The minimum absolute atomic E-state index is 0.536. The number of nitrogens with zero attached hydrogens (tertiary/aromatic N) is 2. The van der Waals surface area contributed by atoms with E-state index in [1.807, 2.05) is 12.3 Å². The molecule has 110 valence electrons. The van der Waals surface area contributed by atoms with Gasteiger partial charge in [-0.1, -0.05) is 6.07 Å². The summed E-state index contributed by atoms with van der Waals surface area (Å²) < 4.78 is 0. The second-order valence-corrected chi connectivity index (χ2v) is 5.41. The fourth-order valence-electron chi connectivity index (χ4n) is 2.85. The van der Waals surface area contributed by atoms with Gasteiger partial charge in [0.15, 0.2) is 0 Å². The first-order valence-electron chi connectivity index (χ1n) is 7.27. The smallest absolute Gasteiger partial charge is 0.404 e. The maximum atomic E-state index is 10.4. The third-order valence-electron chi connectivity index (χ3n) is 3.95. The molecule has 5 heteroatoms. The van der Waals surface area contributed by atoms with Gasteiger partial charge in [-0.25, -0.2) is 4.79 Å². The van der Waals surface area contributed by atoms with Gasteiger partial charge in [0.25, 0.3) is 0 Å². The van der Waals surface area contributed by atoms with Crippen molar-refractivity contribution < 1.29 is 9.90 Å². The maximum absolute atomic E-state index is 10.4. The molecule has 2 heterocycles. The van der Waals surface area contributed by atoms with Crippen LogP contribution in [0.4, 0.5) is 4.79 Å². The van der Waals surface area contributed by atoms with Gasteiger partial charge >= 0.3 is 6.09 Å². The van der Waals surface area contributed by atoms with Gasteiger partial charge in [0.05, 0.1) is 0 Å². The van der Waals surface area contributed by atoms with E-state index in [-0.39, 0.29) is 0 Å². The number of rotatable bonds is 5. The number of pyridine rings is 1. The Labute approximate surface area is 120 Å². The predicted octanol–water partition coefficient (Wildman–Crippen LogP) is 2.23. The first-order chi connectivity index (χ1) is 9.66. The molecule has 0 saturated carbocycles. The van der Waals surface area contributed by atoms with E-state index in [4.69, 9.17) is 5.11 Å². The third-order valence-corrected chi connectivity index (χ3v) is 3.95. The SMILES string of the molecule is Cc1cccnc1C1CCN(CCCNC(=O)O)CC1. The normalized spacial score (nSPS) is 17.1. The van der Waals surface area contributed by atoms with Crippen LogP contribution in [0.15, 0.2) is 18.3 Å². The maximum Gasteiger partial charge on any atom is 0.404 e. The van der Waals surface area contributed by atoms with Crippen molar-refractivity contribution >= 4 is 6.09 Å². The Kier molecular flexibility index (Phi) is 5.35. The van der Waals surface area contributed by atoms with Crippen molar-refractivity contribution in [1.29, 1.82) is 0 Å². The number of likely N-dealkylation sites (tertiary alicyclic amines) is 1. The van der Waals surface area contributed by atoms with Crippen LogP contribution in [0, 0.1) is 6.92 Å². The van der Waals surface area contributed by atoms with Crippen molar-refractivity contribution in [2.24, 2.45) is 0 Å². The molecule has 1 amide bonds. The monoisotopic (exact) mass is 277 g/mol. The van der Waals surface area contributed by atoms with E-state index in [0.717, 1.165) is 38.9 Å². The van der Waals surface area contributed by atoms with Crippen molar-refractivity contribution in [2.45, 2.75) is 32.1 Å². The predicted molar refractivity (Wildman–Crippen MR) is 78.0 cm³/mol. The molecule has 1 aliphatic rings. The quantitative estimate of drug-likeness (QED) is 0.810. The molecule has 2 N–H and O–H groups in total. The van der Waals surface area contributed by atoms with E-state index >= 15 is 0 Å². The zero-order valence-corrected chi connectivity index (χ0v) is 12.0. The Morgan fingerprint density at radius 1 is 1.50 bits per heavy atom. The Bertz CT molecular complexity index is 442. The third kappa shape index (κ3) is 4.20. The van der Waals surface area contributed by atoms with Crippen LogP contribution >= 0.6 is 0 Å². The summed E-state index contributed by atoms with van der Waals surface area (Å²) in [6.45, 7) is 5.79. The zero-order chi connectivity index (χ0) is 14.4. The van der Waals surface area contributed by atoms with Crippen LogP contribution in [0.2, 0.25) is 0 Å². The molecule has 0 radical (unpaired) electrons. The lowest BCUT2D eigenvalue weighted by molar-refractivity contribution is 0.189. The largest absolute Gasteiger partial charge is 0.465 e. The fraction of sp³-hybridized carbons (Fsp3) is 0.600. The fourth-order valence-corrected chi connectivity index (χ4v) is 2.85. The van der Waals surface area contributed by atoms with E-state index in [1.165, 1.54) is 11.3 Å². The molecule has 0 aromatic carbocycles. The summed E-state index contributed by atoms with van der Waals surface area (Å²) in [6.07, 6.45) is 4.11. The molecule has 2 rings (SSSR count). The molecule has 0 unspecified atom stereocenters. The van der Waals surface area contributed by atoms with E-state index in [0.29, 0.717) is 12.5 Å². The molecule has 0 bridgehead atoms. The van der Waals surface area contributed by atoms with Crippen molar-refractivity contribution in [3.8, 4) is 0 Å². The van der Waals surface area contributed by atoms with Crippen molar-refractivity contribution in [2.75, 3.05) is 26.2 Å². The number of hydrogen-bond acceptors (Lipinski definition) is 3. The standard InChI is InChI=1S/C15H23N3O2/c1-12-4-2-7-16-14(12)13-5-10-18(11-6-13)9-3-8-17-15(19)20/h2,4,7,13,17H,3,5-6,8-11H2,1H3,(H,19,20). The van der Waals surface area contributed by atoms with Gasteiger partial charge in [-0.15, -0.1) is 0 Å². The number of hydrogen-bond donors (Lipinski definition) is 2. The van der Waals surface area contributed by atoms with Gasteiger partial charge in [0.1, 0.15) is 0 Å². The molecular weight excluding hydrogens is 254 g/mol. The molecule has 5 nitrogen and oxygen atoms in total. The summed E-state index contributed by atoms with van der Waals surface area (Å²) >= 11 is 0. The summed E-state index contributed by atoms with van der Waals surface area (Å²) in [4.78, 5) is 17.3. The number of carboxylic acid groups (broad SMARTS) is 1. The molecule has 1 aliphatic heterocycles. The lowest BCUT2D eigenvalue weighted by Gasteiger charge is -2.32. The molecular formula is C15H23N3O2. The number of aromatic nitrogens is 1. The summed E-state index contributed by atoms with van der Waals surface area (Å²) in [5.41, 5.74) is 2.54. The van der Waals surface area contributed by atoms with Crippen LogP contribution in [0.5, 0.6) is 0 Å². The molecule has 1 fully saturated rings. The van der Waals surface area contributed by atoms with E-state index < -0.39 is 6.09 Å². The van der Waals surface area contributed by atoms with Crippen LogP contribution in [-0.2, 0) is 0 Å². The van der Waals surface area contributed by atoms with Gasteiger partial charge < -0.3 is 15.3 Å². The molecule has 0 atom stereocenters. The number of amides is 1. The van der Waals surface area contributed by atoms with Gasteiger partial charge in [-0.3, -0.25) is 4.98 Å². The molecule has 1 saturated heterocycles. The van der Waals surface area contributed by atoms with Crippen LogP contribution < -0.4 is 5.32 Å². The first kappa shape index (κ1) is 14.8. The Hall–Kier alpha value is -1.62. The first-order valence-corrected chi connectivity index (χ1v) is 7.27. The summed E-state index contributed by atoms with van der Waals surface area (Å²) in [6, 6.07) is 4.12. The second kappa shape index (κ2) is 7.24. The Morgan fingerprint density at radius 3 is 2.90 bits per heavy atom. The summed E-state index contributed by atoms with van der Waals surface area (Å²) in [5, 5.41) is 10.9. The Morgan fingerprint density at radius 2 is 2.25 bits per heavy atom. The van der Waals surface area contributed by atoms with E-state index in [1.54, 1.807) is 0 Å². The molecule has 1 aromatic heterocycles. The topological polar surface area (TPSA) is 65.5 Å². The molecule has 20 heavy (non-hydrogen) atoms. The zero-order valence-electron chi connectivity index (χ0n) is 12.0.